The van der Waals surface area contributed by atoms with Crippen LogP contribution < -0.4 is 10.0 Å². The third-order valence-electron chi connectivity index (χ3n) is 5.74. The molecule has 4 rings (SSSR count). The van der Waals surface area contributed by atoms with Crippen molar-refractivity contribution in [1.82, 2.24) is 20.0 Å². The maximum atomic E-state index is 13.7. The Labute approximate surface area is 180 Å². The van der Waals surface area contributed by atoms with Crippen LogP contribution in [-0.2, 0) is 4.74 Å². The molecule has 9 heteroatoms. The van der Waals surface area contributed by atoms with Crippen LogP contribution in [0.2, 0.25) is 0 Å². The van der Waals surface area contributed by atoms with E-state index in [9.17, 15) is 9.18 Å². The summed E-state index contributed by atoms with van der Waals surface area (Å²) in [5.74, 6) is -0.281. The van der Waals surface area contributed by atoms with Gasteiger partial charge in [-0.15, -0.1) is 9.81 Å². The van der Waals surface area contributed by atoms with Crippen molar-refractivity contribution in [2.45, 2.75) is 63.8 Å². The molecule has 1 aliphatic heterocycles. The van der Waals surface area contributed by atoms with Gasteiger partial charge in [0.2, 0.25) is 0 Å². The van der Waals surface area contributed by atoms with E-state index in [1.54, 1.807) is 6.07 Å². The van der Waals surface area contributed by atoms with Gasteiger partial charge < -0.3 is 15.2 Å². The Hall–Kier alpha value is -2.78. The minimum absolute atomic E-state index is 0.0107. The molecule has 0 spiro atoms. The van der Waals surface area contributed by atoms with Gasteiger partial charge in [0.1, 0.15) is 35.5 Å². The Morgan fingerprint density at radius 3 is 2.68 bits per heavy atom. The molecule has 1 unspecified atom stereocenters. The van der Waals surface area contributed by atoms with Crippen molar-refractivity contribution in [2.24, 2.45) is 5.11 Å². The van der Waals surface area contributed by atoms with Crippen LogP contribution in [0.25, 0.3) is 0 Å². The summed E-state index contributed by atoms with van der Waals surface area (Å²) in [6.45, 7) is 3.78. The van der Waals surface area contributed by atoms with E-state index in [2.05, 4.69) is 20.4 Å². The molecule has 1 fully saturated rings. The Morgan fingerprint density at radius 2 is 2.00 bits per heavy atom. The average Bonchev–Trinajstić information content (AvgIpc) is 3.10. The summed E-state index contributed by atoms with van der Waals surface area (Å²) in [5.41, 5.74) is 1.88. The first-order valence-corrected chi connectivity index (χ1v) is 10.6. The molecule has 164 valence electrons. The SMILES string of the molecule is CC1N=[N+](c2ncc(C(=O)NC3CCC(O[C@H](C)CO)CC3)cn2)c2cc(F)ccc21. The minimum atomic E-state index is -0.352. The maximum Gasteiger partial charge on any atom is 0.457 e. The van der Waals surface area contributed by atoms with E-state index in [1.807, 2.05) is 13.8 Å². The molecule has 1 saturated carbocycles. The lowest BCUT2D eigenvalue weighted by Crippen LogP contribution is -2.40. The van der Waals surface area contributed by atoms with Crippen molar-refractivity contribution < 1.29 is 19.0 Å². The highest BCUT2D eigenvalue weighted by Gasteiger charge is 2.30. The summed E-state index contributed by atoms with van der Waals surface area (Å²) in [5, 5.41) is 16.6. The zero-order valence-corrected chi connectivity index (χ0v) is 17.7. The van der Waals surface area contributed by atoms with Crippen molar-refractivity contribution in [2.75, 3.05) is 6.61 Å². The number of nitrogens with one attached hydrogen (secondary N) is 1. The Balaban J connectivity index is 1.37. The number of fused-ring (bicyclic) bond motifs is 1. The van der Waals surface area contributed by atoms with Gasteiger partial charge in [-0.05, 0) is 45.6 Å². The van der Waals surface area contributed by atoms with E-state index in [0.29, 0.717) is 17.2 Å². The van der Waals surface area contributed by atoms with Crippen LogP contribution in [0.3, 0.4) is 0 Å². The number of carbonyl (C=O) groups excluding carboxylic acids is 1. The first kappa shape index (κ1) is 21.5. The highest BCUT2D eigenvalue weighted by molar-refractivity contribution is 5.93. The van der Waals surface area contributed by atoms with Crippen molar-refractivity contribution in [3.8, 4) is 0 Å². The van der Waals surface area contributed by atoms with Crippen LogP contribution in [0.4, 0.5) is 16.0 Å². The summed E-state index contributed by atoms with van der Waals surface area (Å²) in [6.07, 6.45) is 6.21. The minimum Gasteiger partial charge on any atom is -0.394 e. The number of azo groups is 2. The lowest BCUT2D eigenvalue weighted by Gasteiger charge is -2.30. The number of hydrogen-bond acceptors (Lipinski definition) is 6. The smallest absolute Gasteiger partial charge is 0.394 e. The number of amides is 1. The number of hydrogen-bond donors (Lipinski definition) is 2. The molecule has 2 aliphatic rings. The first-order valence-electron chi connectivity index (χ1n) is 10.6. The second kappa shape index (κ2) is 9.15. The number of benzene rings is 1. The standard InChI is InChI=1S/C22H26FN5O3/c1-13(12-29)31-18-6-4-17(5-7-18)26-21(30)15-10-24-22(25-11-15)28-20-9-16(23)3-8-19(20)14(2)27-28/h3,8-11,13-14,17-18,29H,4-7,12H2,1-2H3/p+1/t13-,14?,17?,18?/m1/s1. The number of halogens is 1. The Kier molecular flexibility index (Phi) is 6.33. The van der Waals surface area contributed by atoms with E-state index in [4.69, 9.17) is 9.84 Å². The van der Waals surface area contributed by atoms with Crippen LogP contribution in [0.5, 0.6) is 0 Å². The van der Waals surface area contributed by atoms with Crippen molar-refractivity contribution in [3.63, 3.8) is 0 Å². The number of ether oxygens (including phenoxy) is 1. The van der Waals surface area contributed by atoms with Gasteiger partial charge in [0.05, 0.1) is 18.8 Å². The predicted molar refractivity (Wildman–Crippen MR) is 112 cm³/mol. The highest BCUT2D eigenvalue weighted by atomic mass is 19.1. The largest absolute Gasteiger partial charge is 0.457 e. The van der Waals surface area contributed by atoms with E-state index in [0.717, 1.165) is 31.2 Å². The monoisotopic (exact) mass is 428 g/mol. The van der Waals surface area contributed by atoms with E-state index in [1.165, 1.54) is 29.2 Å². The quantitative estimate of drug-likeness (QED) is 0.687. The van der Waals surface area contributed by atoms with Crippen LogP contribution in [0.1, 0.15) is 61.5 Å². The second-order valence-corrected chi connectivity index (χ2v) is 8.15. The second-order valence-electron chi connectivity index (χ2n) is 8.15. The first-order chi connectivity index (χ1) is 14.9. The molecule has 1 amide bonds. The fourth-order valence-electron chi connectivity index (χ4n) is 4.04. The van der Waals surface area contributed by atoms with Gasteiger partial charge >= 0.3 is 5.95 Å². The zero-order chi connectivity index (χ0) is 22.0. The van der Waals surface area contributed by atoms with Gasteiger partial charge in [-0.25, -0.2) is 4.39 Å². The molecule has 2 N–H and O–H groups in total. The Bertz CT molecular complexity index is 974. The lowest BCUT2D eigenvalue weighted by molar-refractivity contribution is -0.0465. The van der Waals surface area contributed by atoms with Crippen LogP contribution >= 0.6 is 0 Å². The van der Waals surface area contributed by atoms with Gasteiger partial charge in [0, 0.05) is 17.7 Å². The molecule has 2 aromatic rings. The Morgan fingerprint density at radius 1 is 1.29 bits per heavy atom. The van der Waals surface area contributed by atoms with Crippen LogP contribution in [0, 0.1) is 5.82 Å². The molecule has 0 radical (unpaired) electrons. The van der Waals surface area contributed by atoms with Gasteiger partial charge in [-0.2, -0.15) is 0 Å². The molecular formula is C22H27FN5O3+. The number of nitrogens with zero attached hydrogens (tertiary/aromatic N) is 4. The molecule has 2 atom stereocenters. The summed E-state index contributed by atoms with van der Waals surface area (Å²) < 4.78 is 21.0. The van der Waals surface area contributed by atoms with E-state index in [-0.39, 0.29) is 42.6 Å². The van der Waals surface area contributed by atoms with Gasteiger partial charge in [-0.3, -0.25) is 4.79 Å². The highest BCUT2D eigenvalue weighted by Crippen LogP contribution is 2.36. The molecule has 0 bridgehead atoms. The zero-order valence-electron chi connectivity index (χ0n) is 17.7. The summed E-state index contributed by atoms with van der Waals surface area (Å²) in [4.78, 5) is 21.2. The molecule has 1 aromatic carbocycles. The molecule has 8 nitrogen and oxygen atoms in total. The summed E-state index contributed by atoms with van der Waals surface area (Å²) >= 11 is 0. The number of aromatic nitrogens is 2. The third-order valence-corrected chi connectivity index (χ3v) is 5.74. The molecular weight excluding hydrogens is 401 g/mol. The van der Waals surface area contributed by atoms with Crippen molar-refractivity contribution in [3.05, 3.63) is 47.5 Å². The number of carbonyl (C=O) groups is 1. The van der Waals surface area contributed by atoms with Gasteiger partial charge in [0.15, 0.2) is 0 Å². The lowest BCUT2D eigenvalue weighted by atomic mass is 9.92. The van der Waals surface area contributed by atoms with Crippen molar-refractivity contribution in [1.29, 1.82) is 0 Å². The average molecular weight is 428 g/mol. The van der Waals surface area contributed by atoms with Crippen LogP contribution in [-0.4, -0.2) is 45.8 Å². The molecule has 1 aromatic heterocycles. The number of aliphatic hydroxyl groups is 1. The summed E-state index contributed by atoms with van der Waals surface area (Å²) in [6, 6.07) is 4.48. The third kappa shape index (κ3) is 4.77. The molecule has 2 heterocycles. The fraction of sp³-hybridized carbons (Fsp3) is 0.500. The van der Waals surface area contributed by atoms with Gasteiger partial charge in [0.25, 0.3) is 5.91 Å². The fourth-order valence-corrected chi connectivity index (χ4v) is 4.04. The number of rotatable bonds is 6. The van der Waals surface area contributed by atoms with E-state index < -0.39 is 0 Å². The molecule has 31 heavy (non-hydrogen) atoms. The maximum absolute atomic E-state index is 13.7. The van der Waals surface area contributed by atoms with Crippen molar-refractivity contribution >= 4 is 17.5 Å². The normalized spacial score (nSPS) is 23.7. The number of aliphatic hydroxyl groups excluding tert-OH is 1. The topological polar surface area (TPSA) is 99.7 Å². The van der Waals surface area contributed by atoms with E-state index >= 15 is 0 Å². The summed E-state index contributed by atoms with van der Waals surface area (Å²) in [7, 11) is 0. The predicted octanol–water partition coefficient (Wildman–Crippen LogP) is 3.42. The molecule has 0 saturated heterocycles. The van der Waals surface area contributed by atoms with Gasteiger partial charge in [-0.1, -0.05) is 16.0 Å². The van der Waals surface area contributed by atoms with Crippen LogP contribution in [0.15, 0.2) is 35.7 Å². The molecule has 1 aliphatic carbocycles.